The highest BCUT2D eigenvalue weighted by Gasteiger charge is 2.49. The van der Waals surface area contributed by atoms with Gasteiger partial charge < -0.3 is 14.8 Å². The highest BCUT2D eigenvalue weighted by atomic mass is 32.2. The number of carbonyl (C=O) groups excluding carboxylic acids is 1. The Morgan fingerprint density at radius 2 is 2.35 bits per heavy atom. The van der Waals surface area contributed by atoms with Gasteiger partial charge in [0, 0.05) is 18.1 Å². The first kappa shape index (κ1) is 13.0. The van der Waals surface area contributed by atoms with Crippen LogP contribution in [0.5, 0.6) is 0 Å². The van der Waals surface area contributed by atoms with Crippen LogP contribution in [0.2, 0.25) is 0 Å². The third-order valence-corrected chi connectivity index (χ3v) is 5.26. The smallest absolute Gasteiger partial charge is 0.302 e. The molecule has 2 heterocycles. The largest absolute Gasteiger partial charge is 0.460 e. The maximum atomic E-state index is 11.2. The molecular weight excluding hydrogens is 258 g/mol. The van der Waals surface area contributed by atoms with Crippen molar-refractivity contribution in [2.24, 2.45) is 5.92 Å². The van der Waals surface area contributed by atoms with Crippen LogP contribution < -0.4 is 5.32 Å². The van der Waals surface area contributed by atoms with Crippen LogP contribution in [0.15, 0.2) is 0 Å². The van der Waals surface area contributed by atoms with Crippen LogP contribution in [0, 0.1) is 5.92 Å². The quantitative estimate of drug-likeness (QED) is 0.611. The molecule has 0 amide bonds. The van der Waals surface area contributed by atoms with Gasteiger partial charge in [0.1, 0.15) is 12.1 Å². The molecule has 0 unspecified atom stereocenters. The molecular formula is C11H17NO3S2. The summed E-state index contributed by atoms with van der Waals surface area (Å²) in [7, 11) is 0. The molecule has 5 atom stereocenters. The summed E-state index contributed by atoms with van der Waals surface area (Å²) in [6.07, 6.45) is 0.868. The van der Waals surface area contributed by atoms with Crippen LogP contribution >= 0.6 is 24.0 Å². The van der Waals surface area contributed by atoms with Gasteiger partial charge in [-0.15, -0.1) is 11.8 Å². The highest BCUT2D eigenvalue weighted by molar-refractivity contribution is 8.00. The molecule has 2 aliphatic heterocycles. The Hall–Kier alpha value is -0.490. The molecule has 0 aliphatic carbocycles. The van der Waals surface area contributed by atoms with Crippen LogP contribution in [-0.4, -0.2) is 34.0 Å². The van der Waals surface area contributed by atoms with Gasteiger partial charge in [-0.25, -0.2) is 0 Å². The molecule has 96 valence electrons. The number of thiocarbonyl (C=S) groups is 1. The first-order valence-electron chi connectivity index (χ1n) is 5.82. The number of rotatable bonds is 2. The van der Waals surface area contributed by atoms with Crippen LogP contribution in [-0.2, 0) is 14.3 Å². The van der Waals surface area contributed by atoms with Gasteiger partial charge in [-0.2, -0.15) is 0 Å². The van der Waals surface area contributed by atoms with Crippen LogP contribution in [0.3, 0.4) is 0 Å². The monoisotopic (exact) mass is 275 g/mol. The lowest BCUT2D eigenvalue weighted by molar-refractivity contribution is -0.151. The SMILES string of the molecule is CC[C@H]1S[C@@H]2OC(=S)N[C@@H]2[C@@H](OC(C)=O)[C@@H]1C. The fourth-order valence-electron chi connectivity index (χ4n) is 2.44. The van der Waals surface area contributed by atoms with E-state index in [4.69, 9.17) is 21.7 Å². The average molecular weight is 275 g/mol. The molecule has 2 aliphatic rings. The van der Waals surface area contributed by atoms with E-state index in [1.165, 1.54) is 6.92 Å². The van der Waals surface area contributed by atoms with Crippen molar-refractivity contribution in [3.63, 3.8) is 0 Å². The number of fused-ring (bicyclic) bond motifs is 1. The van der Waals surface area contributed by atoms with E-state index in [1.54, 1.807) is 11.8 Å². The van der Waals surface area contributed by atoms with Gasteiger partial charge in [0.15, 0.2) is 5.44 Å². The standard InChI is InChI=1S/C11H17NO3S2/c1-4-7-5(2)9(14-6(3)13)8-10(17-7)15-11(16)12-8/h5,7-10H,4H2,1-3H3,(H,12,16)/t5-,7-,8-,9+,10+/m1/s1. The van der Waals surface area contributed by atoms with Crippen molar-refractivity contribution in [2.45, 2.75) is 50.0 Å². The van der Waals surface area contributed by atoms with Crippen LogP contribution in [0.25, 0.3) is 0 Å². The van der Waals surface area contributed by atoms with Crippen molar-refractivity contribution in [2.75, 3.05) is 0 Å². The predicted octanol–water partition coefficient (Wildman–Crippen LogP) is 1.68. The highest BCUT2D eigenvalue weighted by Crippen LogP contribution is 2.41. The maximum Gasteiger partial charge on any atom is 0.302 e. The Labute approximate surface area is 111 Å². The third kappa shape index (κ3) is 2.52. The van der Waals surface area contributed by atoms with Crippen molar-refractivity contribution in [3.8, 4) is 0 Å². The Balaban J connectivity index is 2.18. The topological polar surface area (TPSA) is 47.6 Å². The summed E-state index contributed by atoms with van der Waals surface area (Å²) >= 11 is 6.81. The van der Waals surface area contributed by atoms with E-state index in [2.05, 4.69) is 19.2 Å². The van der Waals surface area contributed by atoms with Gasteiger partial charge >= 0.3 is 5.97 Å². The molecule has 2 saturated heterocycles. The second-order valence-corrected chi connectivity index (χ2v) is 6.17. The summed E-state index contributed by atoms with van der Waals surface area (Å²) in [4.78, 5) is 11.2. The Bertz CT molecular complexity index is 337. The van der Waals surface area contributed by atoms with Crippen molar-refractivity contribution < 1.29 is 14.3 Å². The zero-order chi connectivity index (χ0) is 12.6. The summed E-state index contributed by atoms with van der Waals surface area (Å²) in [5.74, 6) is 0.0501. The van der Waals surface area contributed by atoms with E-state index in [0.717, 1.165) is 6.42 Å². The van der Waals surface area contributed by atoms with Gasteiger partial charge in [0.25, 0.3) is 5.17 Å². The van der Waals surface area contributed by atoms with Crippen LogP contribution in [0.4, 0.5) is 0 Å². The second kappa shape index (κ2) is 5.02. The second-order valence-electron chi connectivity index (χ2n) is 4.46. The average Bonchev–Trinajstić information content (AvgIpc) is 2.62. The maximum absolute atomic E-state index is 11.2. The molecule has 0 radical (unpaired) electrons. The summed E-state index contributed by atoms with van der Waals surface area (Å²) in [6.45, 7) is 5.70. The normalized spacial score (nSPS) is 40.2. The van der Waals surface area contributed by atoms with Crippen molar-refractivity contribution >= 4 is 35.1 Å². The van der Waals surface area contributed by atoms with Gasteiger partial charge in [0.05, 0.1) is 0 Å². The van der Waals surface area contributed by atoms with E-state index >= 15 is 0 Å². The minimum absolute atomic E-state index is 0.0193. The molecule has 0 saturated carbocycles. The predicted molar refractivity (Wildman–Crippen MR) is 70.8 cm³/mol. The Morgan fingerprint density at radius 3 is 2.94 bits per heavy atom. The number of ether oxygens (including phenoxy) is 2. The van der Waals surface area contributed by atoms with E-state index in [-0.39, 0.29) is 23.6 Å². The molecule has 0 aromatic rings. The summed E-state index contributed by atoms with van der Waals surface area (Å²) < 4.78 is 11.0. The van der Waals surface area contributed by atoms with Gasteiger partial charge in [-0.05, 0) is 18.6 Å². The molecule has 0 aromatic heterocycles. The van der Waals surface area contributed by atoms with Gasteiger partial charge in [-0.3, -0.25) is 4.79 Å². The van der Waals surface area contributed by atoms with Gasteiger partial charge in [0.2, 0.25) is 0 Å². The summed E-state index contributed by atoms with van der Waals surface area (Å²) in [6, 6.07) is -0.0193. The van der Waals surface area contributed by atoms with E-state index in [1.807, 2.05) is 0 Å². The molecule has 4 nitrogen and oxygen atoms in total. The number of thioether (sulfide) groups is 1. The third-order valence-electron chi connectivity index (χ3n) is 3.27. The molecule has 6 heteroatoms. The molecule has 0 spiro atoms. The van der Waals surface area contributed by atoms with E-state index in [0.29, 0.717) is 16.3 Å². The number of nitrogens with one attached hydrogen (secondary N) is 1. The minimum atomic E-state index is -0.248. The summed E-state index contributed by atoms with van der Waals surface area (Å²) in [5.41, 5.74) is -0.0343. The molecule has 1 N–H and O–H groups in total. The molecule has 2 rings (SSSR count). The van der Waals surface area contributed by atoms with Gasteiger partial charge in [-0.1, -0.05) is 13.8 Å². The number of carbonyl (C=O) groups is 1. The first-order chi connectivity index (χ1) is 8.02. The lowest BCUT2D eigenvalue weighted by Crippen LogP contribution is -2.53. The van der Waals surface area contributed by atoms with Crippen molar-refractivity contribution in [1.82, 2.24) is 5.32 Å². The molecule has 0 aromatic carbocycles. The van der Waals surface area contributed by atoms with Crippen molar-refractivity contribution in [3.05, 3.63) is 0 Å². The fraction of sp³-hybridized carbons (Fsp3) is 0.818. The summed E-state index contributed by atoms with van der Waals surface area (Å²) in [5, 5.41) is 3.94. The first-order valence-corrected chi connectivity index (χ1v) is 7.18. The number of esters is 1. The Kier molecular flexibility index (Phi) is 3.82. The lowest BCUT2D eigenvalue weighted by Gasteiger charge is -2.40. The zero-order valence-corrected chi connectivity index (χ0v) is 11.8. The lowest BCUT2D eigenvalue weighted by atomic mass is 9.92. The van der Waals surface area contributed by atoms with Crippen LogP contribution in [0.1, 0.15) is 27.2 Å². The van der Waals surface area contributed by atoms with Crippen molar-refractivity contribution in [1.29, 1.82) is 0 Å². The zero-order valence-electron chi connectivity index (χ0n) is 10.1. The Morgan fingerprint density at radius 1 is 1.65 bits per heavy atom. The van der Waals surface area contributed by atoms with E-state index < -0.39 is 0 Å². The number of hydrogen-bond donors (Lipinski definition) is 1. The molecule has 2 fully saturated rings. The minimum Gasteiger partial charge on any atom is -0.460 e. The molecule has 17 heavy (non-hydrogen) atoms. The number of hydrogen-bond acceptors (Lipinski definition) is 5. The van der Waals surface area contributed by atoms with E-state index in [9.17, 15) is 4.79 Å². The fourth-order valence-corrected chi connectivity index (χ4v) is 4.23. The molecule has 0 bridgehead atoms.